The normalized spacial score (nSPS) is 12.9. The number of nitrogen functional groups attached to an aromatic ring is 1. The highest BCUT2D eigenvalue weighted by Crippen LogP contribution is 2.31. The zero-order valence-corrected chi connectivity index (χ0v) is 9.59. The predicted molar refractivity (Wildman–Crippen MR) is 60.5 cm³/mol. The number of hydrogen-bond acceptors (Lipinski definition) is 6. The molecule has 1 aromatic rings. The summed E-state index contributed by atoms with van der Waals surface area (Å²) in [5.41, 5.74) is 6.19. The van der Waals surface area contributed by atoms with Crippen molar-refractivity contribution in [2.45, 2.75) is 12.8 Å². The van der Waals surface area contributed by atoms with Gasteiger partial charge < -0.3 is 10.6 Å². The molecule has 0 fully saturated rings. The van der Waals surface area contributed by atoms with E-state index in [4.69, 9.17) is 22.2 Å². The lowest BCUT2D eigenvalue weighted by molar-refractivity contribution is -0.102. The van der Waals surface area contributed by atoms with E-state index >= 15 is 0 Å². The van der Waals surface area contributed by atoms with Crippen molar-refractivity contribution >= 4 is 40.6 Å². The van der Waals surface area contributed by atoms with Crippen molar-refractivity contribution in [1.82, 2.24) is 4.98 Å². The number of oxime groups is 1. The molecule has 0 bridgehead atoms. The van der Waals surface area contributed by atoms with E-state index in [1.54, 1.807) is 0 Å². The highest BCUT2D eigenvalue weighted by molar-refractivity contribution is 7.19. The first kappa shape index (κ1) is 11.9. The second-order valence-electron chi connectivity index (χ2n) is 2.80. The zero-order chi connectivity index (χ0) is 11.3. The Balaban J connectivity index is 2.53. The molecule has 1 unspecified atom stereocenters. The van der Waals surface area contributed by atoms with Gasteiger partial charge >= 0.3 is 0 Å². The van der Waals surface area contributed by atoms with E-state index < -0.39 is 0 Å². The van der Waals surface area contributed by atoms with Gasteiger partial charge in [-0.3, -0.25) is 4.79 Å². The smallest absolute Gasteiger partial charge is 0.181 e. The third kappa shape index (κ3) is 3.49. The summed E-state index contributed by atoms with van der Waals surface area (Å²) in [6, 6.07) is 0. The van der Waals surface area contributed by atoms with Gasteiger partial charge in [0.15, 0.2) is 11.4 Å². The molecule has 0 aliphatic rings. The fourth-order valence-electron chi connectivity index (χ4n) is 0.935. The first-order valence-electron chi connectivity index (χ1n) is 4.16. The molecule has 0 aliphatic heterocycles. The molecule has 1 aromatic heterocycles. The molecule has 0 saturated heterocycles. The SMILES string of the molecule is CC(CON=CC=O)c1nc(N)sc1Cl. The van der Waals surface area contributed by atoms with Crippen LogP contribution in [0.15, 0.2) is 5.16 Å². The average Bonchev–Trinajstić information content (AvgIpc) is 2.52. The Morgan fingerprint density at radius 1 is 1.80 bits per heavy atom. The number of carbonyl (C=O) groups excluding carboxylic acids is 1. The predicted octanol–water partition coefficient (Wildman–Crippen LogP) is 1.68. The molecule has 5 nitrogen and oxygen atoms in total. The third-order valence-corrected chi connectivity index (χ3v) is 2.73. The Hall–Kier alpha value is -1.14. The minimum atomic E-state index is -0.0187. The maximum Gasteiger partial charge on any atom is 0.181 e. The van der Waals surface area contributed by atoms with Crippen LogP contribution >= 0.6 is 22.9 Å². The van der Waals surface area contributed by atoms with Gasteiger partial charge in [-0.05, 0) is 0 Å². The molecule has 82 valence electrons. The standard InChI is InChI=1S/C8H10ClN3O2S/c1-5(4-14-11-2-3-13)6-7(9)15-8(10)12-6/h2-3,5H,4H2,1H3,(H2,10,12). The van der Waals surface area contributed by atoms with Gasteiger partial charge in [-0.25, -0.2) is 4.98 Å². The molecule has 1 rings (SSSR count). The van der Waals surface area contributed by atoms with Crippen LogP contribution < -0.4 is 5.73 Å². The van der Waals surface area contributed by atoms with Crippen molar-refractivity contribution in [1.29, 1.82) is 0 Å². The molecule has 0 aliphatic carbocycles. The van der Waals surface area contributed by atoms with Crippen LogP contribution in [0.1, 0.15) is 18.5 Å². The number of anilines is 1. The summed E-state index contributed by atoms with van der Waals surface area (Å²) in [6.45, 7) is 2.18. The number of hydrogen-bond donors (Lipinski definition) is 1. The van der Waals surface area contributed by atoms with Crippen LogP contribution in [0.25, 0.3) is 0 Å². The number of nitrogens with zero attached hydrogens (tertiary/aromatic N) is 2. The van der Waals surface area contributed by atoms with Crippen molar-refractivity contribution in [3.05, 3.63) is 10.0 Å². The molecule has 0 aromatic carbocycles. The van der Waals surface area contributed by atoms with Crippen molar-refractivity contribution in [2.75, 3.05) is 12.3 Å². The molecule has 0 saturated carbocycles. The maximum atomic E-state index is 9.90. The Labute approximate surface area is 95.9 Å². The largest absolute Gasteiger partial charge is 0.395 e. The quantitative estimate of drug-likeness (QED) is 0.488. The van der Waals surface area contributed by atoms with E-state index in [9.17, 15) is 4.79 Å². The van der Waals surface area contributed by atoms with Crippen molar-refractivity contribution < 1.29 is 9.63 Å². The number of carbonyl (C=O) groups is 1. The molecule has 1 atom stereocenters. The summed E-state index contributed by atoms with van der Waals surface area (Å²) in [4.78, 5) is 18.8. The average molecular weight is 248 g/mol. The summed E-state index contributed by atoms with van der Waals surface area (Å²) >= 11 is 7.13. The lowest BCUT2D eigenvalue weighted by Crippen LogP contribution is -2.03. The molecule has 0 spiro atoms. The van der Waals surface area contributed by atoms with Gasteiger partial charge in [-0.15, -0.1) is 0 Å². The fraction of sp³-hybridized carbons (Fsp3) is 0.375. The summed E-state index contributed by atoms with van der Waals surface area (Å²) in [5.74, 6) is -0.0187. The molecule has 7 heteroatoms. The molecule has 2 N–H and O–H groups in total. The van der Waals surface area contributed by atoms with Crippen molar-refractivity contribution in [3.63, 3.8) is 0 Å². The van der Waals surface area contributed by atoms with Crippen molar-refractivity contribution in [3.8, 4) is 0 Å². The van der Waals surface area contributed by atoms with E-state index in [1.165, 1.54) is 11.3 Å². The summed E-state index contributed by atoms with van der Waals surface area (Å²) in [7, 11) is 0. The Morgan fingerprint density at radius 2 is 2.53 bits per heavy atom. The van der Waals surface area contributed by atoms with E-state index in [2.05, 4.69) is 10.1 Å². The van der Waals surface area contributed by atoms with Crippen LogP contribution in [0.5, 0.6) is 0 Å². The lowest BCUT2D eigenvalue weighted by atomic mass is 10.1. The van der Waals surface area contributed by atoms with E-state index in [0.29, 0.717) is 28.1 Å². The second kappa shape index (κ2) is 5.67. The fourth-order valence-corrected chi connectivity index (χ4v) is 2.08. The van der Waals surface area contributed by atoms with Crippen LogP contribution in [0, 0.1) is 0 Å². The van der Waals surface area contributed by atoms with Gasteiger partial charge in [-0.1, -0.05) is 35.0 Å². The van der Waals surface area contributed by atoms with Crippen LogP contribution in [-0.4, -0.2) is 24.1 Å². The van der Waals surface area contributed by atoms with E-state index in [1.807, 2.05) is 6.92 Å². The first-order valence-corrected chi connectivity index (χ1v) is 5.35. The number of aromatic nitrogens is 1. The van der Waals surface area contributed by atoms with Gasteiger partial charge in [0.05, 0.1) is 5.69 Å². The van der Waals surface area contributed by atoms with Gasteiger partial charge in [0, 0.05) is 5.92 Å². The topological polar surface area (TPSA) is 77.6 Å². The van der Waals surface area contributed by atoms with E-state index in [0.717, 1.165) is 6.21 Å². The second-order valence-corrected chi connectivity index (χ2v) is 4.43. The van der Waals surface area contributed by atoms with Crippen LogP contribution in [0.2, 0.25) is 4.34 Å². The Kier molecular flexibility index (Phi) is 4.51. The van der Waals surface area contributed by atoms with Gasteiger partial charge in [0.2, 0.25) is 0 Å². The van der Waals surface area contributed by atoms with E-state index in [-0.39, 0.29) is 5.92 Å². The summed E-state index contributed by atoms with van der Waals surface area (Å²) < 4.78 is 0.558. The minimum absolute atomic E-state index is 0.0187. The van der Waals surface area contributed by atoms with Crippen LogP contribution in [-0.2, 0) is 9.63 Å². The van der Waals surface area contributed by atoms with Gasteiger partial charge in [0.1, 0.15) is 17.2 Å². The number of aldehydes is 1. The number of rotatable bonds is 5. The lowest BCUT2D eigenvalue weighted by Gasteiger charge is -2.06. The molecule has 1 heterocycles. The molecule has 0 radical (unpaired) electrons. The summed E-state index contributed by atoms with van der Waals surface area (Å²) in [6.07, 6.45) is 1.57. The molecular weight excluding hydrogens is 238 g/mol. The Bertz CT molecular complexity index is 367. The highest BCUT2D eigenvalue weighted by Gasteiger charge is 2.15. The van der Waals surface area contributed by atoms with Gasteiger partial charge in [-0.2, -0.15) is 0 Å². The number of thiazole rings is 1. The first-order chi connectivity index (χ1) is 7.15. The minimum Gasteiger partial charge on any atom is -0.395 e. The van der Waals surface area contributed by atoms with Crippen LogP contribution in [0.3, 0.4) is 0 Å². The monoisotopic (exact) mass is 247 g/mol. The zero-order valence-electron chi connectivity index (χ0n) is 8.01. The maximum absolute atomic E-state index is 9.90. The third-order valence-electron chi connectivity index (χ3n) is 1.61. The van der Waals surface area contributed by atoms with Crippen LogP contribution in [0.4, 0.5) is 5.13 Å². The number of nitrogens with two attached hydrogens (primary N) is 1. The molecular formula is C8H10ClN3O2S. The summed E-state index contributed by atoms with van der Waals surface area (Å²) in [5, 5.41) is 3.83. The highest BCUT2D eigenvalue weighted by atomic mass is 35.5. The molecule has 15 heavy (non-hydrogen) atoms. The van der Waals surface area contributed by atoms with Crippen molar-refractivity contribution in [2.24, 2.45) is 5.16 Å². The number of halogens is 1. The molecule has 0 amide bonds. The Morgan fingerprint density at radius 3 is 3.07 bits per heavy atom. The van der Waals surface area contributed by atoms with Gasteiger partial charge in [0.25, 0.3) is 0 Å².